The predicted octanol–water partition coefficient (Wildman–Crippen LogP) is 3.03. The van der Waals surface area contributed by atoms with Gasteiger partial charge in [-0.15, -0.1) is 6.58 Å². The van der Waals surface area contributed by atoms with Crippen molar-refractivity contribution in [1.82, 2.24) is 4.90 Å². The minimum Gasteiger partial charge on any atom is -0.461 e. The van der Waals surface area contributed by atoms with E-state index < -0.39 is 53.4 Å². The highest BCUT2D eigenvalue weighted by atomic mass is 79.9. The van der Waals surface area contributed by atoms with E-state index in [2.05, 4.69) is 29.1 Å². The van der Waals surface area contributed by atoms with Crippen molar-refractivity contribution in [2.24, 2.45) is 11.8 Å². The van der Waals surface area contributed by atoms with Crippen LogP contribution < -0.4 is 4.90 Å². The average molecular weight is 582 g/mol. The number of aliphatic hydroxyl groups excluding tert-OH is 1. The molecule has 1 N–H and O–H groups in total. The molecule has 10 heteroatoms. The molecule has 8 nitrogen and oxygen atoms in total. The van der Waals surface area contributed by atoms with Crippen LogP contribution in [0.4, 0.5) is 5.69 Å². The van der Waals surface area contributed by atoms with E-state index in [4.69, 9.17) is 21.1 Å². The molecule has 3 heterocycles. The quantitative estimate of drug-likeness (QED) is 0.274. The van der Waals surface area contributed by atoms with E-state index in [-0.39, 0.29) is 24.6 Å². The Labute approximate surface area is 224 Å². The van der Waals surface area contributed by atoms with Gasteiger partial charge in [-0.25, -0.2) is 0 Å². The first-order valence-corrected chi connectivity index (χ1v) is 13.1. The number of fused-ring (bicyclic) bond motifs is 1. The van der Waals surface area contributed by atoms with E-state index in [1.165, 1.54) is 15.9 Å². The van der Waals surface area contributed by atoms with Crippen molar-refractivity contribution < 1.29 is 29.0 Å². The number of benzene rings is 1. The summed E-state index contributed by atoms with van der Waals surface area (Å²) in [6.07, 6.45) is 2.75. The summed E-state index contributed by atoms with van der Waals surface area (Å²) in [5.41, 5.74) is 0.0136. The number of para-hydroxylation sites is 1. The molecule has 0 saturated carbocycles. The number of hydrogen-bond acceptors (Lipinski definition) is 6. The fourth-order valence-corrected chi connectivity index (χ4v) is 7.22. The summed E-state index contributed by atoms with van der Waals surface area (Å²) in [6, 6.07) is 3.56. The van der Waals surface area contributed by atoms with Crippen LogP contribution in [0.25, 0.3) is 0 Å². The lowest BCUT2D eigenvalue weighted by Crippen LogP contribution is -2.59. The molecule has 7 atom stereocenters. The molecule has 0 aliphatic carbocycles. The number of carbonyl (C=O) groups excluding carboxylic acids is 3. The summed E-state index contributed by atoms with van der Waals surface area (Å²) in [7, 11) is 0. The SMILES string of the molecule is C=CCOC(=O)[C@H]1[C@@H]2OC3(CC2Br)C(C(=O)N(CC=C)c2c(C)cccc2Cl)N([C@H](C)CO)C(=O)[C@H]13. The number of ether oxygens (including phenoxy) is 2. The summed E-state index contributed by atoms with van der Waals surface area (Å²) in [5.74, 6) is -3.21. The van der Waals surface area contributed by atoms with Gasteiger partial charge in [-0.2, -0.15) is 0 Å². The fourth-order valence-electron chi connectivity index (χ4n) is 5.95. The van der Waals surface area contributed by atoms with Crippen LogP contribution in [0.15, 0.2) is 43.5 Å². The van der Waals surface area contributed by atoms with Gasteiger partial charge < -0.3 is 24.4 Å². The Hall–Kier alpha value is -2.20. The van der Waals surface area contributed by atoms with Gasteiger partial charge in [-0.05, 0) is 31.9 Å². The molecular weight excluding hydrogens is 552 g/mol. The van der Waals surface area contributed by atoms with Crippen molar-refractivity contribution in [2.45, 2.75) is 48.9 Å². The van der Waals surface area contributed by atoms with Crippen LogP contribution in [0.5, 0.6) is 0 Å². The Morgan fingerprint density at radius 2 is 2.14 bits per heavy atom. The number of anilines is 1. The zero-order valence-corrected chi connectivity index (χ0v) is 22.6. The number of alkyl halides is 1. The number of carbonyl (C=O) groups is 3. The Morgan fingerprint density at radius 3 is 2.75 bits per heavy atom. The van der Waals surface area contributed by atoms with Crippen molar-refractivity contribution in [3.63, 3.8) is 0 Å². The van der Waals surface area contributed by atoms with Gasteiger partial charge in [0, 0.05) is 11.4 Å². The van der Waals surface area contributed by atoms with Gasteiger partial charge in [0.05, 0.1) is 41.3 Å². The monoisotopic (exact) mass is 580 g/mol. The van der Waals surface area contributed by atoms with E-state index in [9.17, 15) is 19.5 Å². The highest BCUT2D eigenvalue weighted by Crippen LogP contribution is 2.60. The van der Waals surface area contributed by atoms with E-state index >= 15 is 0 Å². The average Bonchev–Trinajstić information content (AvgIpc) is 3.44. The Morgan fingerprint density at radius 1 is 1.42 bits per heavy atom. The minimum atomic E-state index is -1.27. The number of esters is 1. The van der Waals surface area contributed by atoms with Gasteiger partial charge in [-0.1, -0.05) is 58.4 Å². The van der Waals surface area contributed by atoms with Crippen LogP contribution in [0.1, 0.15) is 18.9 Å². The Kier molecular flexibility index (Phi) is 7.67. The topological polar surface area (TPSA) is 96.4 Å². The van der Waals surface area contributed by atoms with E-state index in [1.807, 2.05) is 13.0 Å². The maximum absolute atomic E-state index is 14.4. The predicted molar refractivity (Wildman–Crippen MR) is 139 cm³/mol. The first-order chi connectivity index (χ1) is 17.1. The zero-order chi connectivity index (χ0) is 26.4. The molecule has 0 aromatic heterocycles. The molecule has 3 aliphatic heterocycles. The van der Waals surface area contributed by atoms with E-state index in [0.29, 0.717) is 17.1 Å². The second-order valence-electron chi connectivity index (χ2n) is 9.50. The Bertz CT molecular complexity index is 1080. The molecule has 3 unspecified atom stereocenters. The first-order valence-electron chi connectivity index (χ1n) is 11.8. The molecule has 1 aromatic rings. The highest BCUT2D eigenvalue weighted by molar-refractivity contribution is 9.09. The summed E-state index contributed by atoms with van der Waals surface area (Å²) < 4.78 is 11.8. The normalized spacial score (nSPS) is 31.2. The zero-order valence-electron chi connectivity index (χ0n) is 20.2. The summed E-state index contributed by atoms with van der Waals surface area (Å²) in [5, 5.41) is 10.4. The van der Waals surface area contributed by atoms with Gasteiger partial charge in [0.25, 0.3) is 5.91 Å². The summed E-state index contributed by atoms with van der Waals surface area (Å²) >= 11 is 10.1. The lowest BCUT2D eigenvalue weighted by Gasteiger charge is -2.39. The fraction of sp³-hybridized carbons (Fsp3) is 0.500. The number of aryl methyl sites for hydroxylation is 1. The minimum absolute atomic E-state index is 0.000921. The van der Waals surface area contributed by atoms with Crippen LogP contribution in [-0.2, 0) is 23.9 Å². The number of nitrogens with zero attached hydrogens (tertiary/aromatic N) is 2. The van der Waals surface area contributed by atoms with Crippen LogP contribution in [0.3, 0.4) is 0 Å². The molecule has 4 rings (SSSR count). The number of halogens is 2. The van der Waals surface area contributed by atoms with Gasteiger partial charge in [0.2, 0.25) is 5.91 Å². The molecule has 3 aliphatic rings. The second-order valence-corrected chi connectivity index (χ2v) is 11.1. The molecule has 3 saturated heterocycles. The smallest absolute Gasteiger partial charge is 0.312 e. The van der Waals surface area contributed by atoms with Crippen LogP contribution in [-0.4, -0.2) is 76.2 Å². The van der Waals surface area contributed by atoms with E-state index in [0.717, 1.165) is 5.56 Å². The van der Waals surface area contributed by atoms with Gasteiger partial charge in [-0.3, -0.25) is 14.4 Å². The third kappa shape index (κ3) is 4.00. The third-order valence-electron chi connectivity index (χ3n) is 7.35. The van der Waals surface area contributed by atoms with Crippen molar-refractivity contribution in [1.29, 1.82) is 0 Å². The standard InChI is InChI=1S/C26H30BrClN2O6/c1-5-10-29(20-14(3)8-7-9-17(20)28)24(33)22-26-12-16(27)21(36-26)18(25(34)35-11-6-2)19(26)23(32)30(22)15(4)13-31/h5-9,15-16,18-19,21-22,31H,1-2,10-13H2,3-4H3/t15-,16?,18-,19+,21-,22?,26?/m1/s1. The second kappa shape index (κ2) is 10.3. The van der Waals surface area contributed by atoms with Gasteiger partial charge in [0.1, 0.15) is 18.2 Å². The lowest BCUT2D eigenvalue weighted by molar-refractivity contribution is -0.154. The van der Waals surface area contributed by atoms with Gasteiger partial charge >= 0.3 is 5.97 Å². The molecule has 2 amide bonds. The highest BCUT2D eigenvalue weighted by Gasteiger charge is 2.77. The number of hydrogen-bond donors (Lipinski definition) is 1. The van der Waals surface area contributed by atoms with Gasteiger partial charge in [0.15, 0.2) is 0 Å². The van der Waals surface area contributed by atoms with Crippen LogP contribution in [0, 0.1) is 18.8 Å². The van der Waals surface area contributed by atoms with Crippen molar-refractivity contribution in [3.8, 4) is 0 Å². The molecular formula is C26H30BrClN2O6. The number of likely N-dealkylation sites (tertiary alicyclic amines) is 1. The first kappa shape index (κ1) is 26.9. The van der Waals surface area contributed by atoms with E-state index in [1.54, 1.807) is 25.1 Å². The maximum Gasteiger partial charge on any atom is 0.312 e. The number of aliphatic hydroxyl groups is 1. The number of amides is 2. The van der Waals surface area contributed by atoms with Crippen molar-refractivity contribution >= 4 is 51.0 Å². The maximum atomic E-state index is 14.4. The molecule has 194 valence electrons. The molecule has 0 radical (unpaired) electrons. The van der Waals surface area contributed by atoms with Crippen molar-refractivity contribution in [2.75, 3.05) is 24.7 Å². The molecule has 1 spiro atoms. The molecule has 1 aromatic carbocycles. The van der Waals surface area contributed by atoms with Crippen molar-refractivity contribution in [3.05, 3.63) is 54.1 Å². The third-order valence-corrected chi connectivity index (χ3v) is 8.50. The van der Waals surface area contributed by atoms with Crippen LogP contribution >= 0.6 is 27.5 Å². The molecule has 3 fully saturated rings. The van der Waals surface area contributed by atoms with Crippen LogP contribution in [0.2, 0.25) is 5.02 Å². The lowest BCUT2D eigenvalue weighted by atomic mass is 9.70. The summed E-state index contributed by atoms with van der Waals surface area (Å²) in [4.78, 5) is 44.0. The summed E-state index contributed by atoms with van der Waals surface area (Å²) in [6.45, 7) is 10.7. The molecule has 36 heavy (non-hydrogen) atoms. The largest absolute Gasteiger partial charge is 0.461 e. The Balaban J connectivity index is 1.84. The molecule has 2 bridgehead atoms. The number of rotatable bonds is 9.